The maximum atomic E-state index is 14.2. The lowest BCUT2D eigenvalue weighted by atomic mass is 10.1. The summed E-state index contributed by atoms with van der Waals surface area (Å²) in [6.07, 6.45) is 2.73. The fourth-order valence-electron chi connectivity index (χ4n) is 2.92. The molecule has 28 heavy (non-hydrogen) atoms. The van der Waals surface area contributed by atoms with Crippen LogP contribution in [0.25, 0.3) is 11.0 Å². The highest BCUT2D eigenvalue weighted by molar-refractivity contribution is 5.86. The van der Waals surface area contributed by atoms with Crippen molar-refractivity contribution in [2.75, 3.05) is 5.43 Å². The molecule has 7 nitrogen and oxygen atoms in total. The largest absolute Gasteiger partial charge is 0.304 e. The minimum Gasteiger partial charge on any atom is -0.273 e. The zero-order valence-corrected chi connectivity index (χ0v) is 14.8. The first kappa shape index (κ1) is 18.2. The third-order valence-corrected chi connectivity index (χ3v) is 4.43. The Kier molecular flexibility index (Phi) is 4.20. The molecule has 146 valence electrons. The van der Waals surface area contributed by atoms with E-state index >= 15 is 0 Å². The summed E-state index contributed by atoms with van der Waals surface area (Å²) >= 11 is 0. The molecule has 10 heteroatoms. The number of carbonyl (C=O) groups excluding carboxylic acids is 1. The Morgan fingerprint density at radius 2 is 1.96 bits per heavy atom. The first-order valence-corrected chi connectivity index (χ1v) is 8.67. The van der Waals surface area contributed by atoms with Crippen molar-refractivity contribution < 1.29 is 18.0 Å². The molecule has 0 atom stereocenters. The molecule has 0 bridgehead atoms. The molecule has 1 amide bonds. The molecule has 1 aliphatic carbocycles. The topological polar surface area (TPSA) is 81.8 Å². The standard InChI is InChI=1S/C18H16F3N5O2/c1-18(20,21)17-23-15-13(9-22-25(15)12-6-7-12)16(28)26(17)24-14(27)8-10-2-4-11(19)5-3-10/h2-5,9,12H,6-8H2,1H3,(H,24,27). The second-order valence-corrected chi connectivity index (χ2v) is 6.86. The molecule has 4 rings (SSSR count). The number of fused-ring (bicyclic) bond motifs is 1. The highest BCUT2D eigenvalue weighted by Gasteiger charge is 2.35. The van der Waals surface area contributed by atoms with E-state index in [-0.39, 0.29) is 23.5 Å². The number of hydrogen-bond donors (Lipinski definition) is 1. The normalized spacial score (nSPS) is 14.4. The molecule has 0 saturated heterocycles. The van der Waals surface area contributed by atoms with Crippen LogP contribution in [0, 0.1) is 5.82 Å². The SMILES string of the molecule is CC(F)(F)c1nc2c(cnn2C2CC2)c(=O)n1NC(=O)Cc1ccc(F)cc1. The van der Waals surface area contributed by atoms with E-state index in [4.69, 9.17) is 0 Å². The number of benzene rings is 1. The van der Waals surface area contributed by atoms with Gasteiger partial charge >= 0.3 is 5.92 Å². The van der Waals surface area contributed by atoms with E-state index < -0.39 is 29.0 Å². The number of carbonyl (C=O) groups is 1. The van der Waals surface area contributed by atoms with Crippen LogP contribution in [0.2, 0.25) is 0 Å². The fraction of sp³-hybridized carbons (Fsp3) is 0.333. The summed E-state index contributed by atoms with van der Waals surface area (Å²) in [6.45, 7) is 0.598. The van der Waals surface area contributed by atoms with Gasteiger partial charge in [0.2, 0.25) is 11.7 Å². The Morgan fingerprint density at radius 3 is 2.57 bits per heavy atom. The number of nitrogens with one attached hydrogen (secondary N) is 1. The number of nitrogens with zero attached hydrogens (tertiary/aromatic N) is 4. The molecule has 1 aliphatic rings. The second kappa shape index (κ2) is 6.47. The predicted molar refractivity (Wildman–Crippen MR) is 94.1 cm³/mol. The minimum atomic E-state index is -3.48. The van der Waals surface area contributed by atoms with Crippen molar-refractivity contribution in [3.05, 3.63) is 58.0 Å². The van der Waals surface area contributed by atoms with Gasteiger partial charge in [-0.2, -0.15) is 18.6 Å². The van der Waals surface area contributed by atoms with Crippen LogP contribution in [0.5, 0.6) is 0 Å². The Labute approximate surface area is 156 Å². The highest BCUT2D eigenvalue weighted by Crippen LogP contribution is 2.36. The molecule has 2 heterocycles. The molecule has 0 radical (unpaired) electrons. The number of rotatable bonds is 5. The summed E-state index contributed by atoms with van der Waals surface area (Å²) in [7, 11) is 0. The van der Waals surface area contributed by atoms with Crippen LogP contribution in [-0.4, -0.2) is 25.3 Å². The van der Waals surface area contributed by atoms with Crippen LogP contribution in [-0.2, 0) is 17.1 Å². The number of halogens is 3. The average Bonchev–Trinajstić information content (AvgIpc) is 3.37. The summed E-state index contributed by atoms with van der Waals surface area (Å²) in [5, 5.41) is 4.13. The first-order chi connectivity index (χ1) is 13.2. The fourth-order valence-corrected chi connectivity index (χ4v) is 2.92. The molecule has 1 aromatic carbocycles. The van der Waals surface area contributed by atoms with E-state index in [2.05, 4.69) is 15.5 Å². The van der Waals surface area contributed by atoms with Crippen molar-refractivity contribution in [1.29, 1.82) is 0 Å². The van der Waals surface area contributed by atoms with Gasteiger partial charge in [0.15, 0.2) is 5.65 Å². The molecule has 0 unspecified atom stereocenters. The lowest BCUT2D eigenvalue weighted by molar-refractivity contribution is -0.116. The van der Waals surface area contributed by atoms with Crippen LogP contribution < -0.4 is 11.0 Å². The van der Waals surface area contributed by atoms with Crippen LogP contribution in [0.1, 0.15) is 37.2 Å². The molecule has 3 aromatic rings. The summed E-state index contributed by atoms with van der Waals surface area (Å²) in [5.74, 6) is -5.53. The van der Waals surface area contributed by atoms with Gasteiger partial charge in [0.1, 0.15) is 11.2 Å². The summed E-state index contributed by atoms with van der Waals surface area (Å²) in [5.41, 5.74) is 1.90. The zero-order valence-electron chi connectivity index (χ0n) is 14.8. The molecular weight excluding hydrogens is 375 g/mol. The molecule has 0 spiro atoms. The van der Waals surface area contributed by atoms with E-state index in [1.165, 1.54) is 35.1 Å². The summed E-state index contributed by atoms with van der Waals surface area (Å²) in [6, 6.07) is 5.20. The molecule has 1 N–H and O–H groups in total. The van der Waals surface area contributed by atoms with Crippen LogP contribution in [0.4, 0.5) is 13.2 Å². The lowest BCUT2D eigenvalue weighted by Crippen LogP contribution is -2.39. The summed E-state index contributed by atoms with van der Waals surface area (Å²) in [4.78, 5) is 29.0. The highest BCUT2D eigenvalue weighted by atomic mass is 19.3. The molecule has 0 aliphatic heterocycles. The quantitative estimate of drug-likeness (QED) is 0.725. The molecule has 1 saturated carbocycles. The van der Waals surface area contributed by atoms with Gasteiger partial charge in [-0.05, 0) is 30.5 Å². The van der Waals surface area contributed by atoms with Gasteiger partial charge in [0.05, 0.1) is 18.7 Å². The first-order valence-electron chi connectivity index (χ1n) is 8.67. The third kappa shape index (κ3) is 3.37. The van der Waals surface area contributed by atoms with Crippen LogP contribution in [0.15, 0.2) is 35.3 Å². The Hall–Kier alpha value is -3.17. The van der Waals surface area contributed by atoms with E-state index in [0.717, 1.165) is 12.8 Å². The van der Waals surface area contributed by atoms with Gasteiger partial charge in [-0.15, -0.1) is 0 Å². The summed E-state index contributed by atoms with van der Waals surface area (Å²) < 4.78 is 43.2. The van der Waals surface area contributed by atoms with Crippen molar-refractivity contribution in [2.24, 2.45) is 0 Å². The third-order valence-electron chi connectivity index (χ3n) is 4.43. The second-order valence-electron chi connectivity index (χ2n) is 6.86. The molecule has 2 aromatic heterocycles. The number of hydrogen-bond acceptors (Lipinski definition) is 4. The van der Waals surface area contributed by atoms with Crippen molar-refractivity contribution in [1.82, 2.24) is 19.4 Å². The van der Waals surface area contributed by atoms with Gasteiger partial charge < -0.3 is 0 Å². The monoisotopic (exact) mass is 391 g/mol. The van der Waals surface area contributed by atoms with Gasteiger partial charge in [-0.3, -0.25) is 15.0 Å². The average molecular weight is 391 g/mol. The van der Waals surface area contributed by atoms with Gasteiger partial charge in [0.25, 0.3) is 5.56 Å². The van der Waals surface area contributed by atoms with Crippen molar-refractivity contribution in [3.63, 3.8) is 0 Å². The van der Waals surface area contributed by atoms with Crippen molar-refractivity contribution in [3.8, 4) is 0 Å². The number of amides is 1. The maximum Gasteiger partial charge on any atom is 0.304 e. The van der Waals surface area contributed by atoms with E-state index in [9.17, 15) is 22.8 Å². The van der Waals surface area contributed by atoms with Gasteiger partial charge in [-0.1, -0.05) is 12.1 Å². The van der Waals surface area contributed by atoms with Crippen LogP contribution >= 0.6 is 0 Å². The van der Waals surface area contributed by atoms with Crippen molar-refractivity contribution >= 4 is 16.9 Å². The van der Waals surface area contributed by atoms with E-state index in [1.54, 1.807) is 0 Å². The van der Waals surface area contributed by atoms with Gasteiger partial charge in [0, 0.05) is 6.92 Å². The number of alkyl halides is 2. The smallest absolute Gasteiger partial charge is 0.273 e. The maximum absolute atomic E-state index is 14.2. The molecular formula is C18H16F3N5O2. The van der Waals surface area contributed by atoms with E-state index in [1.807, 2.05) is 0 Å². The lowest BCUT2D eigenvalue weighted by Gasteiger charge is -2.17. The predicted octanol–water partition coefficient (Wildman–Crippen LogP) is 2.49. The Morgan fingerprint density at radius 1 is 1.29 bits per heavy atom. The van der Waals surface area contributed by atoms with Crippen LogP contribution in [0.3, 0.4) is 0 Å². The Bertz CT molecular complexity index is 1110. The zero-order chi connectivity index (χ0) is 20.1. The minimum absolute atomic E-state index is 0.0435. The van der Waals surface area contributed by atoms with Gasteiger partial charge in [-0.25, -0.2) is 14.1 Å². The van der Waals surface area contributed by atoms with Crippen molar-refractivity contribution in [2.45, 2.75) is 38.2 Å². The molecule has 1 fully saturated rings. The number of aromatic nitrogens is 4. The van der Waals surface area contributed by atoms with E-state index in [0.29, 0.717) is 17.2 Å². The Balaban J connectivity index is 1.72.